The van der Waals surface area contributed by atoms with Gasteiger partial charge in [-0.2, -0.15) is 0 Å². The molecule has 0 unspecified atom stereocenters. The largest absolute Gasteiger partial charge is 0.497 e. The Morgan fingerprint density at radius 1 is 0.974 bits per heavy atom. The number of nitro groups is 1. The van der Waals surface area contributed by atoms with E-state index < -0.39 is 40.7 Å². The van der Waals surface area contributed by atoms with Crippen molar-refractivity contribution in [1.29, 1.82) is 0 Å². The van der Waals surface area contributed by atoms with Crippen LogP contribution < -0.4 is 9.64 Å². The summed E-state index contributed by atoms with van der Waals surface area (Å²) in [4.78, 5) is 55.7. The number of ketones is 1. The minimum Gasteiger partial charge on any atom is -0.497 e. The smallest absolute Gasteiger partial charge is 0.269 e. The van der Waals surface area contributed by atoms with Crippen molar-refractivity contribution in [3.05, 3.63) is 105 Å². The number of hydrogen-bond acceptors (Lipinski definition) is 7. The average molecular weight is 510 g/mol. The molecular weight excluding hydrogens is 486 g/mol. The first-order valence-electron chi connectivity index (χ1n) is 12.2. The van der Waals surface area contributed by atoms with Crippen LogP contribution in [0.4, 0.5) is 11.4 Å². The third-order valence-corrected chi connectivity index (χ3v) is 7.74. The molecule has 3 aromatic carbocycles. The number of imide groups is 1. The van der Waals surface area contributed by atoms with Gasteiger partial charge in [0.05, 0.1) is 35.6 Å². The fraction of sp³-hybridized carbons (Fsp3) is 0.207. The van der Waals surface area contributed by atoms with Crippen LogP contribution in [-0.2, 0) is 9.59 Å². The summed E-state index contributed by atoms with van der Waals surface area (Å²) in [5.41, 5.74) is 2.80. The molecule has 190 valence electrons. The molecule has 9 nitrogen and oxygen atoms in total. The molecule has 3 heterocycles. The molecule has 4 atom stereocenters. The number of Topliss-reactive ketones (excluding diaryl/α,β-unsaturated/α-hetero) is 1. The van der Waals surface area contributed by atoms with Gasteiger partial charge in [-0.3, -0.25) is 24.5 Å². The molecule has 0 bridgehead atoms. The van der Waals surface area contributed by atoms with Gasteiger partial charge >= 0.3 is 0 Å². The third-order valence-electron chi connectivity index (χ3n) is 7.74. The van der Waals surface area contributed by atoms with Crippen molar-refractivity contribution in [2.24, 2.45) is 11.8 Å². The number of non-ortho nitro benzene ring substituents is 1. The zero-order valence-corrected chi connectivity index (χ0v) is 20.6. The lowest BCUT2D eigenvalue weighted by Crippen LogP contribution is -2.44. The van der Waals surface area contributed by atoms with E-state index in [1.54, 1.807) is 37.4 Å². The maximum absolute atomic E-state index is 14.0. The van der Waals surface area contributed by atoms with Crippen LogP contribution in [0.2, 0.25) is 0 Å². The molecule has 6 rings (SSSR count). The number of hydrogen-bond donors (Lipinski definition) is 0. The molecule has 0 radical (unpaired) electrons. The maximum Gasteiger partial charge on any atom is 0.269 e. The van der Waals surface area contributed by atoms with Gasteiger partial charge in [-0.1, -0.05) is 24.3 Å². The molecule has 0 N–H and O–H groups in total. The quantitative estimate of drug-likeness (QED) is 0.218. The van der Waals surface area contributed by atoms with Gasteiger partial charge in [0, 0.05) is 23.9 Å². The lowest BCUT2D eigenvalue weighted by atomic mass is 9.83. The number of nitro benzene ring substituents is 1. The van der Waals surface area contributed by atoms with Crippen LogP contribution in [-0.4, -0.2) is 40.6 Å². The molecule has 2 fully saturated rings. The third kappa shape index (κ3) is 3.35. The summed E-state index contributed by atoms with van der Waals surface area (Å²) >= 11 is 0. The minimum atomic E-state index is -0.924. The van der Waals surface area contributed by atoms with E-state index in [2.05, 4.69) is 0 Å². The highest BCUT2D eigenvalue weighted by atomic mass is 16.6. The second-order valence-corrected chi connectivity index (χ2v) is 9.67. The fourth-order valence-corrected chi connectivity index (χ4v) is 6.02. The summed E-state index contributed by atoms with van der Waals surface area (Å²) in [7, 11) is 1.54. The summed E-state index contributed by atoms with van der Waals surface area (Å²) in [6.45, 7) is 1.63. The van der Waals surface area contributed by atoms with Gasteiger partial charge in [0.15, 0.2) is 5.78 Å². The highest BCUT2D eigenvalue weighted by Crippen LogP contribution is 2.54. The van der Waals surface area contributed by atoms with Crippen LogP contribution in [0.3, 0.4) is 0 Å². The van der Waals surface area contributed by atoms with E-state index in [-0.39, 0.29) is 11.5 Å². The van der Waals surface area contributed by atoms with Gasteiger partial charge in [0.1, 0.15) is 11.8 Å². The number of carbonyl (C=O) groups is 3. The Morgan fingerprint density at radius 3 is 2.37 bits per heavy atom. The maximum atomic E-state index is 14.0. The summed E-state index contributed by atoms with van der Waals surface area (Å²) in [6, 6.07) is 17.0. The van der Waals surface area contributed by atoms with E-state index in [4.69, 9.17) is 4.74 Å². The van der Waals surface area contributed by atoms with Gasteiger partial charge in [0.25, 0.3) is 5.69 Å². The van der Waals surface area contributed by atoms with Crippen molar-refractivity contribution in [1.82, 2.24) is 4.90 Å². The van der Waals surface area contributed by atoms with Crippen LogP contribution >= 0.6 is 0 Å². The second-order valence-electron chi connectivity index (χ2n) is 9.67. The van der Waals surface area contributed by atoms with Gasteiger partial charge in [-0.05, 0) is 60.0 Å². The topological polar surface area (TPSA) is 110 Å². The number of aryl methyl sites for hydroxylation is 1. The number of nitrogens with zero attached hydrogens (tertiary/aromatic N) is 3. The lowest BCUT2D eigenvalue weighted by Gasteiger charge is -2.35. The molecule has 2 amide bonds. The number of carbonyl (C=O) groups excluding carboxylic acids is 3. The van der Waals surface area contributed by atoms with Crippen LogP contribution in [0.15, 0.2) is 72.9 Å². The summed E-state index contributed by atoms with van der Waals surface area (Å²) in [5.74, 6) is -2.28. The van der Waals surface area contributed by atoms with Crippen LogP contribution in [0.1, 0.15) is 33.1 Å². The number of fused-ring (bicyclic) bond motifs is 5. The number of methoxy groups -OCH3 is 1. The summed E-state index contributed by atoms with van der Waals surface area (Å²) in [5, 5.41) is 11.2. The number of ether oxygens (including phenoxy) is 1. The number of benzene rings is 3. The average Bonchev–Trinajstić information content (AvgIpc) is 3.40. The Hall–Kier alpha value is -4.79. The number of anilines is 1. The Labute approximate surface area is 218 Å². The fourth-order valence-electron chi connectivity index (χ4n) is 6.02. The second kappa shape index (κ2) is 8.65. The van der Waals surface area contributed by atoms with Crippen molar-refractivity contribution in [3.63, 3.8) is 0 Å². The van der Waals surface area contributed by atoms with E-state index in [1.807, 2.05) is 35.2 Å². The van der Waals surface area contributed by atoms with Gasteiger partial charge < -0.3 is 9.64 Å². The van der Waals surface area contributed by atoms with E-state index >= 15 is 0 Å². The molecule has 0 aliphatic carbocycles. The van der Waals surface area contributed by atoms with Crippen molar-refractivity contribution >= 4 is 35.0 Å². The first kappa shape index (κ1) is 23.6. The molecule has 3 aliphatic heterocycles. The highest BCUT2D eigenvalue weighted by Gasteiger charge is 2.64. The zero-order valence-electron chi connectivity index (χ0n) is 20.6. The SMILES string of the molecule is COc1ccc(C(=O)[C@@H]2[C@@H]3C(=O)N(c4ccc([N+](=O)[O-])cc4C)C(=O)[C@@H]3[C@@H]3c4ccccc4C=CN23)cc1. The van der Waals surface area contributed by atoms with Gasteiger partial charge in [-0.15, -0.1) is 0 Å². The normalized spacial score (nSPS) is 23.2. The van der Waals surface area contributed by atoms with Crippen LogP contribution in [0, 0.1) is 28.9 Å². The molecule has 0 aromatic heterocycles. The van der Waals surface area contributed by atoms with Crippen molar-refractivity contribution in [3.8, 4) is 5.75 Å². The van der Waals surface area contributed by atoms with E-state index in [0.29, 0.717) is 22.6 Å². The summed E-state index contributed by atoms with van der Waals surface area (Å²) < 4.78 is 5.22. The number of rotatable bonds is 5. The molecule has 0 spiro atoms. The standard InChI is InChI=1S/C29H23N3O6/c1-16-15-19(32(36)37)9-12-22(16)31-28(34)23-24(29(31)35)26(27(33)18-7-10-20(38-2)11-8-18)30-14-13-17-5-3-4-6-21(17)25(23)30/h3-15,23-26H,1-2H3/t23-,24+,25-,26-/m0/s1. The van der Waals surface area contributed by atoms with Gasteiger partial charge in [-0.25, -0.2) is 4.90 Å². The molecule has 2 saturated heterocycles. The van der Waals surface area contributed by atoms with Crippen molar-refractivity contribution in [2.45, 2.75) is 19.0 Å². The summed E-state index contributed by atoms with van der Waals surface area (Å²) in [6.07, 6.45) is 3.70. The monoisotopic (exact) mass is 509 g/mol. The molecule has 3 aromatic rings. The minimum absolute atomic E-state index is 0.129. The first-order chi connectivity index (χ1) is 18.3. The molecule has 0 saturated carbocycles. The number of amides is 2. The molecule has 38 heavy (non-hydrogen) atoms. The molecule has 9 heteroatoms. The van der Waals surface area contributed by atoms with Crippen molar-refractivity contribution in [2.75, 3.05) is 12.0 Å². The van der Waals surface area contributed by atoms with Crippen molar-refractivity contribution < 1.29 is 24.0 Å². The van der Waals surface area contributed by atoms with Gasteiger partial charge in [0.2, 0.25) is 11.8 Å². The Balaban J connectivity index is 1.47. The Bertz CT molecular complexity index is 1550. The Morgan fingerprint density at radius 2 is 1.68 bits per heavy atom. The predicted octanol–water partition coefficient (Wildman–Crippen LogP) is 4.31. The van der Waals surface area contributed by atoms with E-state index in [1.165, 1.54) is 25.3 Å². The lowest BCUT2D eigenvalue weighted by molar-refractivity contribution is -0.384. The van der Waals surface area contributed by atoms with Crippen LogP contribution in [0.25, 0.3) is 6.08 Å². The van der Waals surface area contributed by atoms with Crippen LogP contribution in [0.5, 0.6) is 5.75 Å². The molecular formula is C29H23N3O6. The van der Waals surface area contributed by atoms with E-state index in [0.717, 1.165) is 16.0 Å². The Kier molecular flexibility index (Phi) is 5.37. The first-order valence-corrected chi connectivity index (χ1v) is 12.2. The predicted molar refractivity (Wildman–Crippen MR) is 138 cm³/mol. The van der Waals surface area contributed by atoms with E-state index in [9.17, 15) is 24.5 Å². The molecule has 3 aliphatic rings. The highest BCUT2D eigenvalue weighted by molar-refractivity contribution is 6.25. The zero-order chi connectivity index (χ0) is 26.7.